The lowest BCUT2D eigenvalue weighted by Crippen LogP contribution is -2.20. The molecule has 2 aromatic rings. The molecule has 4 nitrogen and oxygen atoms in total. The molecule has 1 fully saturated rings. The average molecular weight is 300 g/mol. The summed E-state index contributed by atoms with van der Waals surface area (Å²) in [7, 11) is 0. The van der Waals surface area contributed by atoms with Crippen molar-refractivity contribution >= 4 is 11.6 Å². The number of benzene rings is 1. The summed E-state index contributed by atoms with van der Waals surface area (Å²) in [5.41, 5.74) is 0.723. The second-order valence-corrected chi connectivity index (χ2v) is 5.62. The van der Waals surface area contributed by atoms with E-state index in [0.717, 1.165) is 36.1 Å². The van der Waals surface area contributed by atoms with Crippen LogP contribution in [-0.2, 0) is 6.42 Å². The summed E-state index contributed by atoms with van der Waals surface area (Å²) >= 11 is 0. The first-order valence-electron chi connectivity index (χ1n) is 7.80. The van der Waals surface area contributed by atoms with E-state index in [0.29, 0.717) is 13.0 Å². The number of aryl methyl sites for hydroxylation is 1. The zero-order valence-corrected chi connectivity index (χ0v) is 12.8. The molecule has 1 N–H and O–H groups in total. The zero-order chi connectivity index (χ0) is 15.4. The number of nitrogens with zero attached hydrogens (tertiary/aromatic N) is 3. The first-order valence-corrected chi connectivity index (χ1v) is 7.80. The normalized spacial score (nSPS) is 14.4. The van der Waals surface area contributed by atoms with Gasteiger partial charge in [0.25, 0.3) is 0 Å². The Morgan fingerprint density at radius 3 is 2.73 bits per heavy atom. The maximum Gasteiger partial charge on any atom is 0.134 e. The van der Waals surface area contributed by atoms with Gasteiger partial charge in [-0.05, 0) is 37.8 Å². The third kappa shape index (κ3) is 3.53. The van der Waals surface area contributed by atoms with Crippen LogP contribution in [0.3, 0.4) is 0 Å². The van der Waals surface area contributed by atoms with Gasteiger partial charge in [0.05, 0.1) is 0 Å². The van der Waals surface area contributed by atoms with Gasteiger partial charge in [-0.1, -0.05) is 18.2 Å². The predicted octanol–water partition coefficient (Wildman–Crippen LogP) is 3.18. The van der Waals surface area contributed by atoms with E-state index in [4.69, 9.17) is 0 Å². The van der Waals surface area contributed by atoms with E-state index in [1.807, 2.05) is 25.1 Å². The van der Waals surface area contributed by atoms with Gasteiger partial charge in [-0.2, -0.15) is 0 Å². The van der Waals surface area contributed by atoms with Crippen LogP contribution in [0, 0.1) is 12.7 Å². The number of hydrogen-bond donors (Lipinski definition) is 1. The second-order valence-electron chi connectivity index (χ2n) is 5.62. The minimum atomic E-state index is -0.152. The molecule has 0 saturated carbocycles. The van der Waals surface area contributed by atoms with Gasteiger partial charge in [-0.15, -0.1) is 0 Å². The van der Waals surface area contributed by atoms with Crippen molar-refractivity contribution in [3.8, 4) is 0 Å². The molecule has 116 valence electrons. The van der Waals surface area contributed by atoms with Gasteiger partial charge in [-0.3, -0.25) is 0 Å². The number of rotatable bonds is 5. The molecule has 0 amide bonds. The highest BCUT2D eigenvalue weighted by Gasteiger charge is 2.14. The third-order valence-electron chi connectivity index (χ3n) is 3.91. The maximum atomic E-state index is 13.6. The van der Waals surface area contributed by atoms with Crippen LogP contribution >= 0.6 is 0 Å². The van der Waals surface area contributed by atoms with Crippen LogP contribution in [0.4, 0.5) is 16.0 Å². The predicted molar refractivity (Wildman–Crippen MR) is 86.8 cm³/mol. The number of hydrogen-bond acceptors (Lipinski definition) is 4. The van der Waals surface area contributed by atoms with Crippen molar-refractivity contribution in [1.82, 2.24) is 9.97 Å². The van der Waals surface area contributed by atoms with Crippen LogP contribution in [0.2, 0.25) is 0 Å². The summed E-state index contributed by atoms with van der Waals surface area (Å²) < 4.78 is 13.6. The Morgan fingerprint density at radius 2 is 1.95 bits per heavy atom. The highest BCUT2D eigenvalue weighted by atomic mass is 19.1. The Labute approximate surface area is 130 Å². The van der Waals surface area contributed by atoms with Gasteiger partial charge in [0, 0.05) is 25.7 Å². The molecule has 1 saturated heterocycles. The molecule has 0 spiro atoms. The summed E-state index contributed by atoms with van der Waals surface area (Å²) in [5, 5.41) is 3.28. The van der Waals surface area contributed by atoms with E-state index in [1.165, 1.54) is 18.9 Å². The molecule has 22 heavy (non-hydrogen) atoms. The lowest BCUT2D eigenvalue weighted by Gasteiger charge is -2.17. The second kappa shape index (κ2) is 6.73. The van der Waals surface area contributed by atoms with Crippen molar-refractivity contribution in [3.05, 3.63) is 47.5 Å². The van der Waals surface area contributed by atoms with Crippen molar-refractivity contribution in [2.45, 2.75) is 26.2 Å². The van der Waals surface area contributed by atoms with Gasteiger partial charge in [0.15, 0.2) is 0 Å². The van der Waals surface area contributed by atoms with Crippen molar-refractivity contribution < 1.29 is 4.39 Å². The van der Waals surface area contributed by atoms with Crippen molar-refractivity contribution in [2.75, 3.05) is 29.9 Å². The van der Waals surface area contributed by atoms with E-state index in [1.54, 1.807) is 6.07 Å². The fourth-order valence-corrected chi connectivity index (χ4v) is 2.78. The Bertz CT molecular complexity index is 638. The molecule has 0 radical (unpaired) electrons. The monoisotopic (exact) mass is 300 g/mol. The van der Waals surface area contributed by atoms with Crippen LogP contribution < -0.4 is 10.2 Å². The molecule has 0 unspecified atom stereocenters. The number of aromatic nitrogens is 2. The summed E-state index contributed by atoms with van der Waals surface area (Å²) in [6.07, 6.45) is 3.08. The molecule has 3 rings (SSSR count). The molecule has 1 aliphatic rings. The SMILES string of the molecule is Cc1nc(NCCc2ccccc2F)cc(N2CCCC2)n1. The molecular formula is C17H21FN4. The zero-order valence-electron chi connectivity index (χ0n) is 12.8. The van der Waals surface area contributed by atoms with Gasteiger partial charge < -0.3 is 10.2 Å². The summed E-state index contributed by atoms with van der Waals surface area (Å²) in [6.45, 7) is 4.68. The van der Waals surface area contributed by atoms with E-state index in [-0.39, 0.29) is 5.82 Å². The highest BCUT2D eigenvalue weighted by molar-refractivity contribution is 5.50. The van der Waals surface area contributed by atoms with Crippen LogP contribution in [-0.4, -0.2) is 29.6 Å². The van der Waals surface area contributed by atoms with Gasteiger partial charge in [0.2, 0.25) is 0 Å². The third-order valence-corrected chi connectivity index (χ3v) is 3.91. The smallest absolute Gasteiger partial charge is 0.134 e. The molecule has 1 aromatic heterocycles. The van der Waals surface area contributed by atoms with E-state index in [9.17, 15) is 4.39 Å². The first-order chi connectivity index (χ1) is 10.7. The molecule has 1 aliphatic heterocycles. The number of nitrogens with one attached hydrogen (secondary N) is 1. The van der Waals surface area contributed by atoms with Crippen molar-refractivity contribution in [2.24, 2.45) is 0 Å². The quantitative estimate of drug-likeness (QED) is 0.921. The Balaban J connectivity index is 1.63. The summed E-state index contributed by atoms with van der Waals surface area (Å²) in [6, 6.07) is 8.87. The topological polar surface area (TPSA) is 41.1 Å². The fourth-order valence-electron chi connectivity index (χ4n) is 2.78. The van der Waals surface area contributed by atoms with E-state index in [2.05, 4.69) is 20.2 Å². The number of anilines is 2. The van der Waals surface area contributed by atoms with Crippen LogP contribution in [0.25, 0.3) is 0 Å². The summed E-state index contributed by atoms with van der Waals surface area (Å²) in [5.74, 6) is 2.41. The minimum Gasteiger partial charge on any atom is -0.370 e. The van der Waals surface area contributed by atoms with E-state index < -0.39 is 0 Å². The first kappa shape index (κ1) is 14.8. The van der Waals surface area contributed by atoms with Crippen LogP contribution in [0.1, 0.15) is 24.2 Å². The molecule has 0 atom stereocenters. The standard InChI is InChI=1S/C17H21FN4/c1-13-20-16(12-17(21-13)22-10-4-5-11-22)19-9-8-14-6-2-3-7-15(14)18/h2-3,6-7,12H,4-5,8-11H2,1H3,(H,19,20,21). The Morgan fingerprint density at radius 1 is 1.18 bits per heavy atom. The number of halogens is 1. The lowest BCUT2D eigenvalue weighted by atomic mass is 10.1. The molecule has 0 bridgehead atoms. The van der Waals surface area contributed by atoms with E-state index >= 15 is 0 Å². The lowest BCUT2D eigenvalue weighted by molar-refractivity contribution is 0.610. The largest absolute Gasteiger partial charge is 0.370 e. The fraction of sp³-hybridized carbons (Fsp3) is 0.412. The Kier molecular flexibility index (Phi) is 4.51. The molecule has 1 aromatic carbocycles. The van der Waals surface area contributed by atoms with Crippen LogP contribution in [0.15, 0.2) is 30.3 Å². The minimum absolute atomic E-state index is 0.152. The van der Waals surface area contributed by atoms with Gasteiger partial charge >= 0.3 is 0 Å². The molecule has 2 heterocycles. The Hall–Kier alpha value is -2.17. The maximum absolute atomic E-state index is 13.6. The van der Waals surface area contributed by atoms with Gasteiger partial charge in [-0.25, -0.2) is 14.4 Å². The van der Waals surface area contributed by atoms with Crippen molar-refractivity contribution in [3.63, 3.8) is 0 Å². The van der Waals surface area contributed by atoms with Crippen molar-refractivity contribution in [1.29, 1.82) is 0 Å². The molecular weight excluding hydrogens is 279 g/mol. The highest BCUT2D eigenvalue weighted by Crippen LogP contribution is 2.20. The average Bonchev–Trinajstić information content (AvgIpc) is 3.03. The summed E-state index contributed by atoms with van der Waals surface area (Å²) in [4.78, 5) is 11.2. The van der Waals surface area contributed by atoms with Crippen LogP contribution in [0.5, 0.6) is 0 Å². The van der Waals surface area contributed by atoms with Gasteiger partial charge in [0.1, 0.15) is 23.3 Å². The molecule has 5 heteroatoms. The molecule has 0 aliphatic carbocycles.